The molecule has 0 bridgehead atoms. The van der Waals surface area contributed by atoms with Gasteiger partial charge in [-0.25, -0.2) is 21.6 Å². The highest BCUT2D eigenvalue weighted by atomic mass is 32.2. The van der Waals surface area contributed by atoms with Crippen LogP contribution in [0.25, 0.3) is 0 Å². The molecular weight excluding hydrogens is 492 g/mol. The van der Waals surface area contributed by atoms with Crippen LogP contribution in [0.5, 0.6) is 0 Å². The lowest BCUT2D eigenvalue weighted by molar-refractivity contribution is -0.282. The second-order valence-electron chi connectivity index (χ2n) is 6.60. The average Bonchev–Trinajstić information content (AvgIpc) is 2.72. The van der Waals surface area contributed by atoms with Crippen LogP contribution in [0.4, 0.5) is 35.1 Å². The van der Waals surface area contributed by atoms with E-state index in [9.17, 15) is 48.3 Å². The first kappa shape index (κ1) is 26.4. The lowest BCUT2D eigenvalue weighted by atomic mass is 10.0. The molecule has 0 fully saturated rings. The number of amides is 1. The highest BCUT2D eigenvalue weighted by Gasteiger charge is 2.57. The molecule has 1 amide bonds. The number of rotatable bonds is 8. The molecule has 6 nitrogen and oxygen atoms in total. The summed E-state index contributed by atoms with van der Waals surface area (Å²) in [5.74, 6) is -13.6. The maximum atomic E-state index is 14.4. The zero-order valence-electron chi connectivity index (χ0n) is 16.1. The minimum atomic E-state index is -6.09. The van der Waals surface area contributed by atoms with E-state index in [1.807, 2.05) is 5.32 Å². The van der Waals surface area contributed by atoms with Crippen molar-refractivity contribution >= 4 is 15.7 Å². The molecule has 1 atom stereocenters. The van der Waals surface area contributed by atoms with Crippen molar-refractivity contribution in [3.05, 3.63) is 64.7 Å². The number of aliphatic hydroxyl groups is 1. The predicted molar refractivity (Wildman–Crippen MR) is 96.4 cm³/mol. The van der Waals surface area contributed by atoms with E-state index in [0.29, 0.717) is 18.3 Å². The Kier molecular flexibility index (Phi) is 7.68. The van der Waals surface area contributed by atoms with Crippen LogP contribution in [0.3, 0.4) is 0 Å². The van der Waals surface area contributed by atoms with Gasteiger partial charge in [0.2, 0.25) is 0 Å². The van der Waals surface area contributed by atoms with Gasteiger partial charge in [0.1, 0.15) is 23.5 Å². The van der Waals surface area contributed by atoms with Crippen molar-refractivity contribution in [2.75, 3.05) is 12.5 Å². The Balaban J connectivity index is 2.60. The SMILES string of the molecule is O=C(NCO)c1ccc(C(c2c(F)ccc(F)c2F)S(=O)(=O)CCC(F)(F)C(F)(F)F)cn1. The quantitative estimate of drug-likeness (QED) is 0.326. The number of nitrogens with zero attached hydrogens (tertiary/aromatic N) is 1. The Labute approximate surface area is 181 Å². The molecule has 0 spiro atoms. The topological polar surface area (TPSA) is 96.4 Å². The van der Waals surface area contributed by atoms with Crippen LogP contribution in [0.2, 0.25) is 0 Å². The Morgan fingerprint density at radius 2 is 1.64 bits per heavy atom. The summed E-state index contributed by atoms with van der Waals surface area (Å²) in [5, 5.41) is 8.02. The fourth-order valence-corrected chi connectivity index (χ4v) is 4.63. The van der Waals surface area contributed by atoms with Gasteiger partial charge in [-0.2, -0.15) is 22.0 Å². The fourth-order valence-electron chi connectivity index (χ4n) is 2.72. The smallest absolute Gasteiger partial charge is 0.376 e. The maximum absolute atomic E-state index is 14.4. The second-order valence-corrected chi connectivity index (χ2v) is 8.80. The van der Waals surface area contributed by atoms with Crippen LogP contribution >= 0.6 is 0 Å². The van der Waals surface area contributed by atoms with E-state index in [0.717, 1.165) is 12.1 Å². The molecule has 0 aliphatic carbocycles. The van der Waals surface area contributed by atoms with Gasteiger partial charge in [0.25, 0.3) is 5.91 Å². The zero-order valence-corrected chi connectivity index (χ0v) is 17.0. The lowest BCUT2D eigenvalue weighted by Crippen LogP contribution is -2.38. The van der Waals surface area contributed by atoms with Gasteiger partial charge in [-0.3, -0.25) is 9.78 Å². The molecule has 0 saturated carbocycles. The van der Waals surface area contributed by atoms with Crippen LogP contribution in [0.15, 0.2) is 30.5 Å². The summed E-state index contributed by atoms with van der Waals surface area (Å²) in [5.41, 5.74) is -2.51. The minimum absolute atomic E-state index is 0.316. The van der Waals surface area contributed by atoms with Crippen molar-refractivity contribution in [1.82, 2.24) is 10.3 Å². The number of hydrogen-bond donors (Lipinski definition) is 2. The van der Waals surface area contributed by atoms with Crippen LogP contribution in [-0.2, 0) is 9.84 Å². The van der Waals surface area contributed by atoms with Gasteiger partial charge >= 0.3 is 12.1 Å². The van der Waals surface area contributed by atoms with E-state index in [1.54, 1.807) is 0 Å². The van der Waals surface area contributed by atoms with Gasteiger partial charge in [0, 0.05) is 18.2 Å². The van der Waals surface area contributed by atoms with Crippen molar-refractivity contribution < 1.29 is 53.4 Å². The molecule has 33 heavy (non-hydrogen) atoms. The van der Waals surface area contributed by atoms with Crippen LogP contribution in [-0.4, -0.2) is 49.0 Å². The predicted octanol–water partition coefficient (Wildman–Crippen LogP) is 3.27. The highest BCUT2D eigenvalue weighted by molar-refractivity contribution is 7.91. The van der Waals surface area contributed by atoms with E-state index >= 15 is 0 Å². The minimum Gasteiger partial charge on any atom is -0.376 e. The standard InChI is InChI=1S/C18H14F8N2O4S/c19-10-2-3-11(20)14(21)13(10)15(9-1-4-12(27-7-9)16(30)28-8-29)33(31,32)6-5-17(22,23)18(24,25)26/h1-4,7,15,29H,5-6,8H2,(H,28,30). The molecule has 2 aromatic rings. The molecule has 182 valence electrons. The zero-order chi connectivity index (χ0) is 25.2. The van der Waals surface area contributed by atoms with Gasteiger partial charge in [-0.1, -0.05) is 6.07 Å². The molecule has 1 aromatic carbocycles. The Morgan fingerprint density at radius 3 is 2.15 bits per heavy atom. The molecule has 15 heteroatoms. The average molecular weight is 506 g/mol. The number of alkyl halides is 5. The van der Waals surface area contributed by atoms with E-state index < -0.39 is 86.3 Å². The normalized spacial score (nSPS) is 13.6. The Hall–Kier alpha value is -2.81. The Bertz CT molecular complexity index is 1120. The van der Waals surface area contributed by atoms with E-state index in [4.69, 9.17) is 5.11 Å². The van der Waals surface area contributed by atoms with Gasteiger partial charge < -0.3 is 10.4 Å². The van der Waals surface area contributed by atoms with Crippen molar-refractivity contribution in [2.24, 2.45) is 0 Å². The highest BCUT2D eigenvalue weighted by Crippen LogP contribution is 2.41. The van der Waals surface area contributed by atoms with E-state index in [-0.39, 0.29) is 0 Å². The van der Waals surface area contributed by atoms with Crippen LogP contribution in [0.1, 0.15) is 33.3 Å². The number of benzene rings is 1. The van der Waals surface area contributed by atoms with Crippen LogP contribution in [0, 0.1) is 17.5 Å². The summed E-state index contributed by atoms with van der Waals surface area (Å²) in [6.07, 6.45) is -7.75. The number of hydrogen-bond acceptors (Lipinski definition) is 5. The third kappa shape index (κ3) is 5.76. The Morgan fingerprint density at radius 1 is 1.03 bits per heavy atom. The molecule has 1 aromatic heterocycles. The summed E-state index contributed by atoms with van der Waals surface area (Å²) in [7, 11) is -5.23. The van der Waals surface area contributed by atoms with E-state index in [1.165, 1.54) is 0 Å². The largest absolute Gasteiger partial charge is 0.453 e. The molecule has 0 aliphatic rings. The summed E-state index contributed by atoms with van der Waals surface area (Å²) in [6.45, 7) is -0.799. The number of aliphatic hydroxyl groups excluding tert-OH is 1. The number of carbonyl (C=O) groups is 1. The third-order valence-electron chi connectivity index (χ3n) is 4.38. The van der Waals surface area contributed by atoms with Crippen molar-refractivity contribution in [3.63, 3.8) is 0 Å². The van der Waals surface area contributed by atoms with Crippen LogP contribution < -0.4 is 5.32 Å². The van der Waals surface area contributed by atoms with E-state index in [2.05, 4.69) is 4.98 Å². The number of sulfone groups is 1. The second kappa shape index (κ2) is 9.59. The van der Waals surface area contributed by atoms with Crippen molar-refractivity contribution in [1.29, 1.82) is 0 Å². The number of aromatic nitrogens is 1. The monoisotopic (exact) mass is 506 g/mol. The molecular formula is C18H14F8N2O4S. The number of nitrogens with one attached hydrogen (secondary N) is 1. The summed E-state index contributed by atoms with van der Waals surface area (Å²) < 4.78 is 132. The summed E-state index contributed by atoms with van der Waals surface area (Å²) in [4.78, 5) is 15.2. The fraction of sp³-hybridized carbons (Fsp3) is 0.333. The van der Waals surface area contributed by atoms with Gasteiger partial charge in [0.15, 0.2) is 21.5 Å². The number of pyridine rings is 1. The summed E-state index contributed by atoms with van der Waals surface area (Å²) >= 11 is 0. The first-order chi connectivity index (χ1) is 15.1. The number of carbonyl (C=O) groups excluding carboxylic acids is 1. The third-order valence-corrected chi connectivity index (χ3v) is 6.38. The number of halogens is 8. The lowest BCUT2D eigenvalue weighted by Gasteiger charge is -2.23. The molecule has 1 unspecified atom stereocenters. The molecule has 2 N–H and O–H groups in total. The summed E-state index contributed by atoms with van der Waals surface area (Å²) in [6, 6.07) is 2.28. The first-order valence-corrected chi connectivity index (χ1v) is 10.5. The van der Waals surface area contributed by atoms with Gasteiger partial charge in [-0.05, 0) is 23.8 Å². The van der Waals surface area contributed by atoms with Crippen molar-refractivity contribution in [2.45, 2.75) is 23.8 Å². The maximum Gasteiger partial charge on any atom is 0.453 e. The molecule has 1 heterocycles. The van der Waals surface area contributed by atoms with Gasteiger partial charge in [-0.15, -0.1) is 0 Å². The molecule has 0 saturated heterocycles. The molecule has 0 aliphatic heterocycles. The van der Waals surface area contributed by atoms with Crippen molar-refractivity contribution in [3.8, 4) is 0 Å². The van der Waals surface area contributed by atoms with Gasteiger partial charge in [0.05, 0.1) is 5.75 Å². The molecule has 2 rings (SSSR count). The first-order valence-electron chi connectivity index (χ1n) is 8.77. The molecule has 0 radical (unpaired) electrons.